The Kier molecular flexibility index (Phi) is 3.58. The van der Waals surface area contributed by atoms with Gasteiger partial charge in [-0.1, -0.05) is 0 Å². The summed E-state index contributed by atoms with van der Waals surface area (Å²) in [6.07, 6.45) is 4.77. The van der Waals surface area contributed by atoms with Crippen molar-refractivity contribution in [2.45, 2.75) is 0 Å². The molecule has 0 aliphatic heterocycles. The van der Waals surface area contributed by atoms with Crippen LogP contribution in [0.1, 0.15) is 5.56 Å². The van der Waals surface area contributed by atoms with Gasteiger partial charge in [0.2, 0.25) is 0 Å². The number of hydrogen-bond acceptors (Lipinski definition) is 3. The Bertz CT molecular complexity index is 415. The first-order valence-electron chi connectivity index (χ1n) is 4.38. The molecule has 0 fully saturated rings. The number of amides is 1. The monoisotopic (exact) mass is 201 g/mol. The fraction of sp³-hybridized carbons (Fsp3) is 0.182. The summed E-state index contributed by atoms with van der Waals surface area (Å²) >= 11 is 0. The number of hydrogen-bond donors (Lipinski definition) is 0. The fourth-order valence-electron chi connectivity index (χ4n) is 1.01. The Morgan fingerprint density at radius 2 is 2.07 bits per heavy atom. The smallest absolute Gasteiger partial charge is 0.264 e. The molecule has 4 heteroatoms. The van der Waals surface area contributed by atoms with Crippen molar-refractivity contribution in [3.8, 4) is 6.07 Å². The van der Waals surface area contributed by atoms with E-state index in [9.17, 15) is 4.79 Å². The lowest BCUT2D eigenvalue weighted by Crippen LogP contribution is -2.22. The Balaban J connectivity index is 3.00. The Labute approximate surface area is 88.5 Å². The lowest BCUT2D eigenvalue weighted by atomic mass is 10.1. The van der Waals surface area contributed by atoms with E-state index in [4.69, 9.17) is 5.26 Å². The average Bonchev–Trinajstić information content (AvgIpc) is 2.26. The summed E-state index contributed by atoms with van der Waals surface area (Å²) in [5, 5.41) is 8.83. The van der Waals surface area contributed by atoms with Crippen LogP contribution in [0.3, 0.4) is 0 Å². The summed E-state index contributed by atoms with van der Waals surface area (Å²) in [7, 11) is 3.22. The second kappa shape index (κ2) is 4.91. The Morgan fingerprint density at radius 3 is 2.53 bits per heavy atom. The Morgan fingerprint density at radius 1 is 1.47 bits per heavy atom. The molecule has 15 heavy (non-hydrogen) atoms. The molecule has 0 saturated heterocycles. The predicted octanol–water partition coefficient (Wildman–Crippen LogP) is 1.08. The van der Waals surface area contributed by atoms with Gasteiger partial charge in [-0.05, 0) is 23.8 Å². The minimum absolute atomic E-state index is 0.117. The van der Waals surface area contributed by atoms with Gasteiger partial charge in [0.15, 0.2) is 0 Å². The minimum Gasteiger partial charge on any atom is -0.344 e. The summed E-state index contributed by atoms with van der Waals surface area (Å²) in [4.78, 5) is 16.7. The summed E-state index contributed by atoms with van der Waals surface area (Å²) in [6.45, 7) is 0. The van der Waals surface area contributed by atoms with Crippen LogP contribution in [0.5, 0.6) is 0 Å². The van der Waals surface area contributed by atoms with Gasteiger partial charge < -0.3 is 4.90 Å². The highest BCUT2D eigenvalue weighted by Gasteiger charge is 2.10. The van der Waals surface area contributed by atoms with Gasteiger partial charge in [-0.3, -0.25) is 9.78 Å². The molecule has 1 heterocycles. The van der Waals surface area contributed by atoms with E-state index in [1.807, 2.05) is 6.07 Å². The second-order valence-corrected chi connectivity index (χ2v) is 3.15. The standard InChI is InChI=1S/C11H11N3O/c1-14(2)11(15)10(8-12)7-9-3-5-13-6-4-9/h3-7H,1-2H3/b10-7-. The Hall–Kier alpha value is -2.15. The third-order valence-corrected chi connectivity index (χ3v) is 1.77. The highest BCUT2D eigenvalue weighted by molar-refractivity contribution is 6.01. The van der Waals surface area contributed by atoms with Gasteiger partial charge in [0.05, 0.1) is 0 Å². The molecule has 76 valence electrons. The van der Waals surface area contributed by atoms with Crippen molar-refractivity contribution in [2.75, 3.05) is 14.1 Å². The first-order valence-corrected chi connectivity index (χ1v) is 4.38. The van der Waals surface area contributed by atoms with Gasteiger partial charge in [-0.25, -0.2) is 0 Å². The largest absolute Gasteiger partial charge is 0.344 e. The fourth-order valence-corrected chi connectivity index (χ4v) is 1.01. The molecule has 0 aliphatic carbocycles. The van der Waals surface area contributed by atoms with E-state index in [-0.39, 0.29) is 11.5 Å². The van der Waals surface area contributed by atoms with Crippen molar-refractivity contribution in [1.82, 2.24) is 9.88 Å². The van der Waals surface area contributed by atoms with Gasteiger partial charge in [-0.15, -0.1) is 0 Å². The van der Waals surface area contributed by atoms with Crippen molar-refractivity contribution >= 4 is 12.0 Å². The highest BCUT2D eigenvalue weighted by atomic mass is 16.2. The van der Waals surface area contributed by atoms with Crippen molar-refractivity contribution in [2.24, 2.45) is 0 Å². The number of carbonyl (C=O) groups is 1. The van der Waals surface area contributed by atoms with E-state index in [2.05, 4.69) is 4.98 Å². The lowest BCUT2D eigenvalue weighted by Gasteiger charge is -2.08. The van der Waals surface area contributed by atoms with Crippen molar-refractivity contribution in [3.63, 3.8) is 0 Å². The maximum Gasteiger partial charge on any atom is 0.264 e. The van der Waals surface area contributed by atoms with Crippen LogP contribution in [0.4, 0.5) is 0 Å². The molecule has 1 aromatic rings. The topological polar surface area (TPSA) is 57.0 Å². The molecule has 4 nitrogen and oxygen atoms in total. The van der Waals surface area contributed by atoms with E-state index >= 15 is 0 Å². The van der Waals surface area contributed by atoms with E-state index in [0.29, 0.717) is 0 Å². The highest BCUT2D eigenvalue weighted by Crippen LogP contribution is 2.06. The molecule has 1 rings (SSSR count). The molecule has 1 amide bonds. The second-order valence-electron chi connectivity index (χ2n) is 3.15. The molecule has 0 aromatic carbocycles. The van der Waals surface area contributed by atoms with E-state index < -0.39 is 0 Å². The van der Waals surface area contributed by atoms with Crippen molar-refractivity contribution < 1.29 is 4.79 Å². The number of rotatable bonds is 2. The first kappa shape index (κ1) is 10.9. The quantitative estimate of drug-likeness (QED) is 0.531. The van der Waals surface area contributed by atoms with E-state index in [1.165, 1.54) is 4.90 Å². The molecule has 0 spiro atoms. The molecule has 1 aromatic heterocycles. The summed E-state index contributed by atoms with van der Waals surface area (Å²) in [5.74, 6) is -0.297. The van der Waals surface area contributed by atoms with E-state index in [1.54, 1.807) is 44.7 Å². The number of nitriles is 1. The number of aromatic nitrogens is 1. The third-order valence-electron chi connectivity index (χ3n) is 1.77. The number of carbonyl (C=O) groups excluding carboxylic acids is 1. The van der Waals surface area contributed by atoms with Gasteiger partial charge in [0.1, 0.15) is 11.6 Å². The third kappa shape index (κ3) is 2.92. The predicted molar refractivity (Wildman–Crippen MR) is 56.5 cm³/mol. The molecule has 0 N–H and O–H groups in total. The molecule has 0 radical (unpaired) electrons. The summed E-state index contributed by atoms with van der Waals surface area (Å²) < 4.78 is 0. The average molecular weight is 201 g/mol. The van der Waals surface area contributed by atoms with Crippen LogP contribution in [0, 0.1) is 11.3 Å². The molecule has 0 unspecified atom stereocenters. The van der Waals surface area contributed by atoms with Gasteiger partial charge >= 0.3 is 0 Å². The van der Waals surface area contributed by atoms with E-state index in [0.717, 1.165) is 5.56 Å². The zero-order valence-corrected chi connectivity index (χ0v) is 8.64. The maximum atomic E-state index is 11.5. The zero-order chi connectivity index (χ0) is 11.3. The van der Waals surface area contributed by atoms with Crippen LogP contribution in [0.2, 0.25) is 0 Å². The molecular weight excluding hydrogens is 190 g/mol. The zero-order valence-electron chi connectivity index (χ0n) is 8.64. The van der Waals surface area contributed by atoms with Gasteiger partial charge in [0.25, 0.3) is 5.91 Å². The minimum atomic E-state index is -0.297. The SMILES string of the molecule is CN(C)C(=O)/C(C#N)=C\c1ccncc1. The van der Waals surface area contributed by atoms with Crippen molar-refractivity contribution in [1.29, 1.82) is 5.26 Å². The first-order chi connectivity index (χ1) is 7.15. The van der Waals surface area contributed by atoms with Crippen LogP contribution in [-0.2, 0) is 4.79 Å². The molecule has 0 aliphatic rings. The molecule has 0 saturated carbocycles. The van der Waals surface area contributed by atoms with Gasteiger partial charge in [-0.2, -0.15) is 5.26 Å². The normalized spacial score (nSPS) is 10.6. The van der Waals surface area contributed by atoms with Crippen LogP contribution in [-0.4, -0.2) is 29.9 Å². The number of likely N-dealkylation sites (N-methyl/N-ethyl adjacent to an activating group) is 1. The van der Waals surface area contributed by atoms with Crippen LogP contribution in [0.15, 0.2) is 30.1 Å². The van der Waals surface area contributed by atoms with Crippen LogP contribution in [0.25, 0.3) is 6.08 Å². The van der Waals surface area contributed by atoms with Crippen LogP contribution >= 0.6 is 0 Å². The summed E-state index contributed by atoms with van der Waals surface area (Å²) in [5.41, 5.74) is 0.906. The number of pyridine rings is 1. The van der Waals surface area contributed by atoms with Crippen molar-refractivity contribution in [3.05, 3.63) is 35.7 Å². The van der Waals surface area contributed by atoms with Gasteiger partial charge in [0, 0.05) is 26.5 Å². The summed E-state index contributed by atoms with van der Waals surface area (Å²) in [6, 6.07) is 5.35. The molecule has 0 bridgehead atoms. The maximum absolute atomic E-state index is 11.5. The lowest BCUT2D eigenvalue weighted by molar-refractivity contribution is -0.124. The number of nitrogens with zero attached hydrogens (tertiary/aromatic N) is 3. The molecular formula is C11H11N3O. The van der Waals surface area contributed by atoms with Crippen LogP contribution < -0.4 is 0 Å². The molecule has 0 atom stereocenters.